The first-order valence-electron chi connectivity index (χ1n) is 9.53. The highest BCUT2D eigenvalue weighted by atomic mass is 32.2. The van der Waals surface area contributed by atoms with E-state index in [0.717, 1.165) is 42.3 Å². The Morgan fingerprint density at radius 1 is 1.21 bits per heavy atom. The van der Waals surface area contributed by atoms with Crippen LogP contribution in [0.4, 0.5) is 18.9 Å². The summed E-state index contributed by atoms with van der Waals surface area (Å²) in [6, 6.07) is 7.22. The van der Waals surface area contributed by atoms with Gasteiger partial charge < -0.3 is 5.32 Å². The normalized spacial score (nSPS) is 14.9. The SMILES string of the molecule is CSc1cccc(NC(=O)c2c(C3=CCCCCC3)ncc(C(F)(F)F)c2C)c1. The molecule has 0 spiro atoms. The lowest BCUT2D eigenvalue weighted by molar-refractivity contribution is -0.138. The predicted octanol–water partition coefficient (Wildman–Crippen LogP) is 6.73. The van der Waals surface area contributed by atoms with E-state index < -0.39 is 17.6 Å². The van der Waals surface area contributed by atoms with Gasteiger partial charge in [-0.1, -0.05) is 18.6 Å². The molecule has 1 aromatic carbocycles. The fourth-order valence-electron chi connectivity index (χ4n) is 3.53. The number of pyridine rings is 1. The van der Waals surface area contributed by atoms with Gasteiger partial charge in [-0.05, 0) is 68.2 Å². The minimum Gasteiger partial charge on any atom is -0.322 e. The third kappa shape index (κ3) is 5.01. The minimum absolute atomic E-state index is 0.00234. The van der Waals surface area contributed by atoms with Crippen LogP contribution in [0.25, 0.3) is 5.57 Å². The van der Waals surface area contributed by atoms with Crippen LogP contribution in [0.2, 0.25) is 0 Å². The molecule has 3 rings (SSSR count). The van der Waals surface area contributed by atoms with Gasteiger partial charge in [0, 0.05) is 16.8 Å². The maximum Gasteiger partial charge on any atom is 0.418 e. The van der Waals surface area contributed by atoms with Crippen molar-refractivity contribution >= 4 is 28.9 Å². The molecule has 1 N–H and O–H groups in total. The second kappa shape index (κ2) is 9.03. The van der Waals surface area contributed by atoms with Crippen LogP contribution in [0.1, 0.15) is 59.3 Å². The van der Waals surface area contributed by atoms with E-state index in [2.05, 4.69) is 10.3 Å². The molecule has 0 fully saturated rings. The fraction of sp³-hybridized carbons (Fsp3) is 0.364. The molecule has 1 amide bonds. The number of alkyl halides is 3. The molecule has 154 valence electrons. The molecule has 2 aromatic rings. The number of halogens is 3. The number of thioether (sulfide) groups is 1. The van der Waals surface area contributed by atoms with E-state index in [1.807, 2.05) is 18.4 Å². The molecule has 3 nitrogen and oxygen atoms in total. The summed E-state index contributed by atoms with van der Waals surface area (Å²) < 4.78 is 40.4. The number of nitrogens with one attached hydrogen (secondary N) is 1. The first-order valence-corrected chi connectivity index (χ1v) is 10.8. The summed E-state index contributed by atoms with van der Waals surface area (Å²) in [5.41, 5.74) is 0.782. The summed E-state index contributed by atoms with van der Waals surface area (Å²) >= 11 is 1.52. The number of hydrogen-bond donors (Lipinski definition) is 1. The molecule has 0 saturated carbocycles. The Morgan fingerprint density at radius 2 is 2.00 bits per heavy atom. The van der Waals surface area contributed by atoms with Crippen LogP contribution in [0.5, 0.6) is 0 Å². The Kier molecular flexibility index (Phi) is 6.67. The molecular formula is C22H23F3N2OS. The van der Waals surface area contributed by atoms with Crippen LogP contribution in [0.3, 0.4) is 0 Å². The second-order valence-electron chi connectivity index (χ2n) is 7.03. The first-order chi connectivity index (χ1) is 13.8. The molecule has 0 unspecified atom stereocenters. The average Bonchev–Trinajstić information content (AvgIpc) is 2.96. The van der Waals surface area contributed by atoms with Crippen LogP contribution in [-0.2, 0) is 6.18 Å². The van der Waals surface area contributed by atoms with Gasteiger partial charge in [-0.15, -0.1) is 11.8 Å². The Labute approximate surface area is 172 Å². The van der Waals surface area contributed by atoms with Gasteiger partial charge >= 0.3 is 6.18 Å². The van der Waals surface area contributed by atoms with Gasteiger partial charge in [0.25, 0.3) is 5.91 Å². The fourth-order valence-corrected chi connectivity index (χ4v) is 3.99. The van der Waals surface area contributed by atoms with Crippen molar-refractivity contribution in [2.75, 3.05) is 11.6 Å². The molecule has 0 atom stereocenters. The molecule has 0 aliphatic heterocycles. The number of nitrogens with zero attached hydrogens (tertiary/aromatic N) is 1. The van der Waals surface area contributed by atoms with E-state index in [1.54, 1.807) is 18.2 Å². The van der Waals surface area contributed by atoms with E-state index >= 15 is 0 Å². The largest absolute Gasteiger partial charge is 0.418 e. The van der Waals surface area contributed by atoms with E-state index in [9.17, 15) is 18.0 Å². The summed E-state index contributed by atoms with van der Waals surface area (Å²) in [7, 11) is 0. The predicted molar refractivity (Wildman–Crippen MR) is 111 cm³/mol. The van der Waals surface area contributed by atoms with Crippen LogP contribution in [0, 0.1) is 6.92 Å². The number of benzene rings is 1. The molecule has 7 heteroatoms. The van der Waals surface area contributed by atoms with Gasteiger partial charge in [-0.25, -0.2) is 0 Å². The monoisotopic (exact) mass is 420 g/mol. The number of amides is 1. The van der Waals surface area contributed by atoms with Crippen LogP contribution in [0.15, 0.2) is 41.4 Å². The van der Waals surface area contributed by atoms with Crippen molar-refractivity contribution in [3.8, 4) is 0 Å². The summed E-state index contributed by atoms with van der Waals surface area (Å²) in [4.78, 5) is 18.2. The highest BCUT2D eigenvalue weighted by molar-refractivity contribution is 7.98. The van der Waals surface area contributed by atoms with Gasteiger partial charge in [0.05, 0.1) is 16.8 Å². The Morgan fingerprint density at radius 3 is 2.72 bits per heavy atom. The number of allylic oxidation sites excluding steroid dienone is 2. The van der Waals surface area contributed by atoms with E-state index in [-0.39, 0.29) is 11.1 Å². The summed E-state index contributed by atoms with van der Waals surface area (Å²) in [5, 5.41) is 2.76. The standard InChI is InChI=1S/C22H23F3N2OS/c1-14-18(22(23,24)25)13-26-20(15-8-5-3-4-6-9-15)19(14)21(28)27-16-10-7-11-17(12-16)29-2/h7-8,10-13H,3-6,9H2,1-2H3,(H,27,28). The summed E-state index contributed by atoms with van der Waals surface area (Å²) in [5.74, 6) is -0.570. The van der Waals surface area contributed by atoms with Crippen LogP contribution < -0.4 is 5.32 Å². The van der Waals surface area contributed by atoms with Crippen molar-refractivity contribution in [3.63, 3.8) is 0 Å². The molecule has 0 radical (unpaired) electrons. The van der Waals surface area contributed by atoms with Crippen LogP contribution >= 0.6 is 11.8 Å². The third-order valence-corrected chi connectivity index (χ3v) is 5.77. The number of carbonyl (C=O) groups excluding carboxylic acids is 1. The topological polar surface area (TPSA) is 42.0 Å². The Hall–Kier alpha value is -2.28. The number of anilines is 1. The lowest BCUT2D eigenvalue weighted by atomic mass is 9.95. The van der Waals surface area contributed by atoms with Crippen molar-refractivity contribution in [1.82, 2.24) is 4.98 Å². The summed E-state index contributed by atoms with van der Waals surface area (Å²) in [6.07, 6.45) is 4.78. The lowest BCUT2D eigenvalue weighted by Crippen LogP contribution is -2.20. The van der Waals surface area contributed by atoms with Gasteiger partial charge in [0.2, 0.25) is 0 Å². The van der Waals surface area contributed by atoms with Crippen LogP contribution in [-0.4, -0.2) is 17.1 Å². The maximum atomic E-state index is 13.5. The highest BCUT2D eigenvalue weighted by Gasteiger charge is 2.36. The van der Waals surface area contributed by atoms with Gasteiger partial charge in [-0.3, -0.25) is 9.78 Å². The van der Waals surface area contributed by atoms with Gasteiger partial charge in [0.15, 0.2) is 0 Å². The van der Waals surface area contributed by atoms with Crippen molar-refractivity contribution in [2.24, 2.45) is 0 Å². The smallest absolute Gasteiger partial charge is 0.322 e. The van der Waals surface area contributed by atoms with E-state index in [4.69, 9.17) is 0 Å². The van der Waals surface area contributed by atoms with Crippen molar-refractivity contribution in [2.45, 2.75) is 50.1 Å². The molecule has 0 saturated heterocycles. The lowest BCUT2D eigenvalue weighted by Gasteiger charge is -2.18. The number of rotatable bonds is 4. The van der Waals surface area contributed by atoms with E-state index in [1.165, 1.54) is 18.7 Å². The molecular weight excluding hydrogens is 397 g/mol. The molecule has 1 heterocycles. The maximum absolute atomic E-state index is 13.5. The minimum atomic E-state index is -4.57. The van der Waals surface area contributed by atoms with Gasteiger partial charge in [-0.2, -0.15) is 13.2 Å². The third-order valence-electron chi connectivity index (χ3n) is 5.04. The number of carbonyl (C=O) groups is 1. The van der Waals surface area contributed by atoms with Crippen molar-refractivity contribution in [1.29, 1.82) is 0 Å². The first kappa shape index (κ1) is 21.4. The molecule has 29 heavy (non-hydrogen) atoms. The number of aromatic nitrogens is 1. The molecule has 1 aromatic heterocycles. The molecule has 0 bridgehead atoms. The summed E-state index contributed by atoms with van der Waals surface area (Å²) in [6.45, 7) is 1.35. The quantitative estimate of drug-likeness (QED) is 0.558. The Bertz CT molecular complexity index is 938. The zero-order valence-electron chi connectivity index (χ0n) is 16.4. The number of hydrogen-bond acceptors (Lipinski definition) is 3. The second-order valence-corrected chi connectivity index (χ2v) is 7.91. The van der Waals surface area contributed by atoms with E-state index in [0.29, 0.717) is 17.8 Å². The Balaban J connectivity index is 2.07. The average molecular weight is 421 g/mol. The highest BCUT2D eigenvalue weighted by Crippen LogP contribution is 2.36. The molecule has 1 aliphatic rings. The van der Waals surface area contributed by atoms with Crippen molar-refractivity contribution < 1.29 is 18.0 Å². The molecule has 1 aliphatic carbocycles. The zero-order chi connectivity index (χ0) is 21.0. The van der Waals surface area contributed by atoms with Crippen molar-refractivity contribution in [3.05, 3.63) is 58.9 Å². The van der Waals surface area contributed by atoms with Gasteiger partial charge in [0.1, 0.15) is 0 Å². The zero-order valence-corrected chi connectivity index (χ0v) is 17.2.